The molecule has 3 aliphatic rings. The summed E-state index contributed by atoms with van der Waals surface area (Å²) in [6, 6.07) is 8.70. The second kappa shape index (κ2) is 11.0. The van der Waals surface area contributed by atoms with Gasteiger partial charge in [-0.15, -0.1) is 0 Å². The molecule has 3 aliphatic heterocycles. The molecule has 43 heavy (non-hydrogen) atoms. The minimum Gasteiger partial charge on any atom is -0.489 e. The van der Waals surface area contributed by atoms with Crippen LogP contribution in [-0.4, -0.2) is 68.8 Å². The SMILES string of the molecule is C=CC(=O)N1CC2COC3=C(c4cc(Cl)c(-c5cc(N)ccc5Cl)nc4N(c4c(C)ccnc4C(C)C)C3O)N2CC1C. The lowest BCUT2D eigenvalue weighted by molar-refractivity contribution is -0.132. The number of nitrogens with two attached hydrogens (primary N) is 1. The quantitative estimate of drug-likeness (QED) is 0.282. The number of hydrogen-bond donors (Lipinski definition) is 2. The first-order valence-electron chi connectivity index (χ1n) is 14.3. The number of anilines is 3. The number of rotatable bonds is 4. The Hall–Kier alpha value is -3.79. The number of carbonyl (C=O) groups is 1. The number of aliphatic hydroxyl groups is 1. The summed E-state index contributed by atoms with van der Waals surface area (Å²) in [7, 11) is 0. The molecule has 9 nitrogen and oxygen atoms in total. The molecule has 6 rings (SSSR count). The van der Waals surface area contributed by atoms with Crippen LogP contribution in [0.15, 0.2) is 54.9 Å². The number of halogens is 2. The van der Waals surface area contributed by atoms with Crippen molar-refractivity contribution in [1.82, 2.24) is 19.8 Å². The molecule has 224 valence electrons. The summed E-state index contributed by atoms with van der Waals surface area (Å²) in [5.41, 5.74) is 11.6. The van der Waals surface area contributed by atoms with Crippen molar-refractivity contribution in [2.45, 2.75) is 51.9 Å². The van der Waals surface area contributed by atoms with Crippen molar-refractivity contribution in [3.8, 4) is 11.3 Å². The Bertz CT molecular complexity index is 1670. The van der Waals surface area contributed by atoms with Gasteiger partial charge >= 0.3 is 0 Å². The predicted molar refractivity (Wildman–Crippen MR) is 170 cm³/mol. The van der Waals surface area contributed by atoms with Gasteiger partial charge < -0.3 is 25.4 Å². The van der Waals surface area contributed by atoms with Crippen LogP contribution < -0.4 is 10.6 Å². The monoisotopic (exact) mass is 620 g/mol. The molecular weight excluding hydrogens is 587 g/mol. The predicted octanol–water partition coefficient (Wildman–Crippen LogP) is 5.72. The zero-order chi connectivity index (χ0) is 30.7. The Labute approximate surface area is 261 Å². The van der Waals surface area contributed by atoms with Crippen LogP contribution in [0, 0.1) is 6.92 Å². The average Bonchev–Trinajstić information content (AvgIpc) is 2.98. The Morgan fingerprint density at radius 2 is 1.95 bits per heavy atom. The van der Waals surface area contributed by atoms with Crippen molar-refractivity contribution in [1.29, 1.82) is 0 Å². The van der Waals surface area contributed by atoms with Crippen LogP contribution in [0.4, 0.5) is 17.2 Å². The van der Waals surface area contributed by atoms with Crippen LogP contribution in [-0.2, 0) is 9.53 Å². The lowest BCUT2D eigenvalue weighted by Gasteiger charge is -2.52. The molecule has 3 N–H and O–H groups in total. The van der Waals surface area contributed by atoms with Gasteiger partial charge in [-0.1, -0.05) is 43.6 Å². The molecule has 0 radical (unpaired) electrons. The molecule has 5 heterocycles. The summed E-state index contributed by atoms with van der Waals surface area (Å²) in [6.07, 6.45) is 1.91. The van der Waals surface area contributed by atoms with Crippen LogP contribution in [0.1, 0.15) is 43.5 Å². The molecule has 1 amide bonds. The lowest BCUT2D eigenvalue weighted by atomic mass is 9.95. The van der Waals surface area contributed by atoms with E-state index in [1.807, 2.05) is 26.0 Å². The number of aromatic nitrogens is 2. The number of hydrogen-bond acceptors (Lipinski definition) is 8. The van der Waals surface area contributed by atoms with Crippen molar-refractivity contribution in [2.24, 2.45) is 0 Å². The molecule has 0 bridgehead atoms. The number of nitrogen functional groups attached to an aromatic ring is 1. The number of aliphatic hydroxyl groups excluding tert-OH is 1. The summed E-state index contributed by atoms with van der Waals surface area (Å²) in [4.78, 5) is 28.2. The molecule has 0 saturated carbocycles. The van der Waals surface area contributed by atoms with E-state index in [9.17, 15) is 9.90 Å². The van der Waals surface area contributed by atoms with Crippen LogP contribution in [0.3, 0.4) is 0 Å². The van der Waals surface area contributed by atoms with Gasteiger partial charge in [-0.25, -0.2) is 4.98 Å². The van der Waals surface area contributed by atoms with E-state index in [0.717, 1.165) is 16.9 Å². The molecule has 1 saturated heterocycles. The van der Waals surface area contributed by atoms with Crippen molar-refractivity contribution >= 4 is 52.0 Å². The van der Waals surface area contributed by atoms with E-state index in [2.05, 4.69) is 25.3 Å². The summed E-state index contributed by atoms with van der Waals surface area (Å²) in [5.74, 6) is 0.835. The van der Waals surface area contributed by atoms with Gasteiger partial charge in [0.1, 0.15) is 12.4 Å². The van der Waals surface area contributed by atoms with Crippen LogP contribution in [0.25, 0.3) is 17.0 Å². The van der Waals surface area contributed by atoms with Crippen LogP contribution in [0.2, 0.25) is 10.0 Å². The lowest BCUT2D eigenvalue weighted by Crippen LogP contribution is -2.61. The largest absolute Gasteiger partial charge is 0.489 e. The van der Waals surface area contributed by atoms with E-state index in [-0.39, 0.29) is 23.9 Å². The Kier molecular flexibility index (Phi) is 7.52. The fraction of sp³-hybridized carbons (Fsp3) is 0.344. The molecule has 1 fully saturated rings. The standard InChI is InChI=1S/C32H34Cl2N6O3/c1-6-25(41)38-14-20-15-43-30-29(39(20)13-18(38)5)22-12-24(34)27(21-11-19(35)7-8-23(21)33)37-31(22)40(32(30)42)28-17(4)9-10-36-26(28)16(2)3/h6-12,16,18,20,32,42H,1,13-15,35H2,2-5H3. The number of amides is 1. The highest BCUT2D eigenvalue weighted by Crippen LogP contribution is 2.50. The van der Waals surface area contributed by atoms with Gasteiger partial charge in [-0.05, 0) is 61.7 Å². The summed E-state index contributed by atoms with van der Waals surface area (Å²) in [6.45, 7) is 13.1. The van der Waals surface area contributed by atoms with Gasteiger partial charge in [0.25, 0.3) is 0 Å². The molecule has 0 aliphatic carbocycles. The van der Waals surface area contributed by atoms with Gasteiger partial charge in [0, 0.05) is 42.1 Å². The van der Waals surface area contributed by atoms with E-state index in [1.165, 1.54) is 6.08 Å². The molecule has 3 atom stereocenters. The number of benzene rings is 1. The van der Waals surface area contributed by atoms with Gasteiger partial charge in [-0.3, -0.25) is 14.7 Å². The third-order valence-electron chi connectivity index (χ3n) is 8.36. The first-order valence-corrected chi connectivity index (χ1v) is 15.0. The second-order valence-corrected chi connectivity index (χ2v) is 12.4. The number of fused-ring (bicyclic) bond motifs is 4. The average molecular weight is 622 g/mol. The summed E-state index contributed by atoms with van der Waals surface area (Å²) in [5, 5.41) is 13.0. The molecule has 3 unspecified atom stereocenters. The Morgan fingerprint density at radius 3 is 2.67 bits per heavy atom. The molecular formula is C32H34Cl2N6O3. The highest BCUT2D eigenvalue weighted by atomic mass is 35.5. The molecule has 0 spiro atoms. The van der Waals surface area contributed by atoms with E-state index in [0.29, 0.717) is 69.5 Å². The summed E-state index contributed by atoms with van der Waals surface area (Å²) < 4.78 is 6.35. The number of pyridine rings is 2. The van der Waals surface area contributed by atoms with Gasteiger partial charge in [0.15, 0.2) is 12.0 Å². The number of ether oxygens (including phenoxy) is 1. The molecule has 11 heteroatoms. The molecule has 2 aromatic heterocycles. The smallest absolute Gasteiger partial charge is 0.246 e. The third-order valence-corrected chi connectivity index (χ3v) is 8.97. The maximum atomic E-state index is 12.6. The second-order valence-electron chi connectivity index (χ2n) is 11.6. The van der Waals surface area contributed by atoms with Crippen molar-refractivity contribution in [3.05, 3.63) is 81.8 Å². The fourth-order valence-corrected chi connectivity index (χ4v) is 6.74. The topological polar surface area (TPSA) is 108 Å². The van der Waals surface area contributed by atoms with Crippen molar-refractivity contribution in [2.75, 3.05) is 30.3 Å². The molecule has 3 aromatic rings. The minimum absolute atomic E-state index is 0.0593. The highest BCUT2D eigenvalue weighted by molar-refractivity contribution is 6.36. The van der Waals surface area contributed by atoms with Gasteiger partial charge in [0.05, 0.1) is 38.9 Å². The van der Waals surface area contributed by atoms with E-state index >= 15 is 0 Å². The van der Waals surface area contributed by atoms with E-state index in [1.54, 1.807) is 34.2 Å². The zero-order valence-corrected chi connectivity index (χ0v) is 26.0. The maximum absolute atomic E-state index is 12.6. The Morgan fingerprint density at radius 1 is 1.19 bits per heavy atom. The van der Waals surface area contributed by atoms with E-state index in [4.69, 9.17) is 43.6 Å². The zero-order valence-electron chi connectivity index (χ0n) is 24.5. The third kappa shape index (κ3) is 4.80. The highest BCUT2D eigenvalue weighted by Gasteiger charge is 2.46. The van der Waals surface area contributed by atoms with Crippen molar-refractivity contribution in [3.63, 3.8) is 0 Å². The maximum Gasteiger partial charge on any atom is 0.246 e. The van der Waals surface area contributed by atoms with Gasteiger partial charge in [-0.2, -0.15) is 0 Å². The van der Waals surface area contributed by atoms with Gasteiger partial charge in [0.2, 0.25) is 5.91 Å². The normalized spacial score (nSPS) is 21.3. The van der Waals surface area contributed by atoms with Crippen LogP contribution >= 0.6 is 23.2 Å². The minimum atomic E-state index is -1.20. The summed E-state index contributed by atoms with van der Waals surface area (Å²) >= 11 is 13.6. The number of piperazine rings is 1. The first-order chi connectivity index (χ1) is 20.5. The van der Waals surface area contributed by atoms with E-state index < -0.39 is 6.23 Å². The van der Waals surface area contributed by atoms with Crippen LogP contribution in [0.5, 0.6) is 0 Å². The molecule has 1 aromatic carbocycles. The number of nitrogens with zero attached hydrogens (tertiary/aromatic N) is 5. The number of aryl methyl sites for hydroxylation is 1. The Balaban J connectivity index is 1.59. The fourth-order valence-electron chi connectivity index (χ4n) is 6.28. The number of carbonyl (C=O) groups excluding carboxylic acids is 1. The van der Waals surface area contributed by atoms with Crippen molar-refractivity contribution < 1.29 is 14.6 Å². The first kappa shape index (κ1) is 29.3.